The summed E-state index contributed by atoms with van der Waals surface area (Å²) in [4.78, 5) is 6.87. The highest BCUT2D eigenvalue weighted by molar-refractivity contribution is 5.55. The van der Waals surface area contributed by atoms with Crippen LogP contribution >= 0.6 is 0 Å². The molecule has 1 aliphatic rings. The van der Waals surface area contributed by atoms with Gasteiger partial charge in [-0.05, 0) is 49.6 Å². The van der Waals surface area contributed by atoms with Crippen molar-refractivity contribution in [3.8, 4) is 17.1 Å². The summed E-state index contributed by atoms with van der Waals surface area (Å²) in [5.74, 6) is 2.80. The van der Waals surface area contributed by atoms with E-state index in [0.717, 1.165) is 30.2 Å². The molecule has 2 atom stereocenters. The van der Waals surface area contributed by atoms with Gasteiger partial charge in [0, 0.05) is 18.2 Å². The molecular weight excluding hydrogens is 292 g/mol. The second-order valence-corrected chi connectivity index (χ2v) is 6.23. The lowest BCUT2D eigenvalue weighted by Gasteiger charge is -2.36. The SMILES string of the molecule is COc1ccc(-c2noc(CN3CCC(C)CC3CN)n2)cc1. The molecule has 0 aliphatic carbocycles. The third-order valence-electron chi connectivity index (χ3n) is 4.53. The Hall–Kier alpha value is -1.92. The maximum atomic E-state index is 5.91. The molecule has 2 N–H and O–H groups in total. The summed E-state index contributed by atoms with van der Waals surface area (Å²) in [6.45, 7) is 4.65. The van der Waals surface area contributed by atoms with E-state index in [4.69, 9.17) is 15.0 Å². The molecule has 2 aromatic rings. The lowest BCUT2D eigenvalue weighted by molar-refractivity contribution is 0.102. The molecule has 3 rings (SSSR count). The zero-order valence-electron chi connectivity index (χ0n) is 13.7. The Morgan fingerprint density at radius 3 is 2.83 bits per heavy atom. The van der Waals surface area contributed by atoms with Crippen molar-refractivity contribution in [2.24, 2.45) is 11.7 Å². The molecule has 0 bridgehead atoms. The van der Waals surface area contributed by atoms with Gasteiger partial charge in [0.15, 0.2) is 0 Å². The van der Waals surface area contributed by atoms with Crippen LogP contribution in [-0.4, -0.2) is 41.3 Å². The summed E-state index contributed by atoms with van der Waals surface area (Å²) in [6.07, 6.45) is 2.33. The van der Waals surface area contributed by atoms with Crippen molar-refractivity contribution in [3.05, 3.63) is 30.2 Å². The number of ether oxygens (including phenoxy) is 1. The molecule has 2 heterocycles. The number of aromatic nitrogens is 2. The molecule has 6 nitrogen and oxygen atoms in total. The number of methoxy groups -OCH3 is 1. The van der Waals surface area contributed by atoms with Crippen LogP contribution in [0.3, 0.4) is 0 Å². The van der Waals surface area contributed by atoms with E-state index in [-0.39, 0.29) is 0 Å². The first-order valence-electron chi connectivity index (χ1n) is 8.10. The van der Waals surface area contributed by atoms with Gasteiger partial charge in [0.05, 0.1) is 13.7 Å². The molecule has 6 heteroatoms. The maximum Gasteiger partial charge on any atom is 0.241 e. The Morgan fingerprint density at radius 1 is 1.35 bits per heavy atom. The number of piperidine rings is 1. The van der Waals surface area contributed by atoms with E-state index in [0.29, 0.717) is 30.8 Å². The quantitative estimate of drug-likeness (QED) is 0.912. The van der Waals surface area contributed by atoms with Gasteiger partial charge >= 0.3 is 0 Å². The van der Waals surface area contributed by atoms with Crippen LogP contribution in [0.2, 0.25) is 0 Å². The molecule has 1 saturated heterocycles. The van der Waals surface area contributed by atoms with Crippen LogP contribution in [0.4, 0.5) is 0 Å². The first-order valence-corrected chi connectivity index (χ1v) is 8.10. The number of hydrogen-bond donors (Lipinski definition) is 1. The molecule has 0 spiro atoms. The van der Waals surface area contributed by atoms with Crippen LogP contribution in [-0.2, 0) is 6.54 Å². The number of rotatable bonds is 5. The minimum Gasteiger partial charge on any atom is -0.497 e. The number of benzene rings is 1. The Bertz CT molecular complexity index is 626. The van der Waals surface area contributed by atoms with E-state index in [1.54, 1.807) is 7.11 Å². The fourth-order valence-electron chi connectivity index (χ4n) is 3.10. The van der Waals surface area contributed by atoms with E-state index in [1.807, 2.05) is 24.3 Å². The molecule has 0 radical (unpaired) electrons. The normalized spacial score (nSPS) is 22.2. The summed E-state index contributed by atoms with van der Waals surface area (Å²) < 4.78 is 10.6. The predicted molar refractivity (Wildman–Crippen MR) is 87.9 cm³/mol. The van der Waals surface area contributed by atoms with Gasteiger partial charge in [0.1, 0.15) is 5.75 Å². The van der Waals surface area contributed by atoms with Gasteiger partial charge in [-0.2, -0.15) is 4.98 Å². The van der Waals surface area contributed by atoms with Crippen molar-refractivity contribution >= 4 is 0 Å². The van der Waals surface area contributed by atoms with E-state index >= 15 is 0 Å². The second-order valence-electron chi connectivity index (χ2n) is 6.23. The zero-order valence-corrected chi connectivity index (χ0v) is 13.7. The van der Waals surface area contributed by atoms with Crippen molar-refractivity contribution in [3.63, 3.8) is 0 Å². The summed E-state index contributed by atoms with van der Waals surface area (Å²) in [6, 6.07) is 8.04. The van der Waals surface area contributed by atoms with E-state index < -0.39 is 0 Å². The molecule has 23 heavy (non-hydrogen) atoms. The number of likely N-dealkylation sites (tertiary alicyclic amines) is 1. The van der Waals surface area contributed by atoms with Crippen LogP contribution in [0.15, 0.2) is 28.8 Å². The van der Waals surface area contributed by atoms with Crippen molar-refractivity contribution in [1.29, 1.82) is 0 Å². The standard InChI is InChI=1S/C17H24N4O2/c1-12-7-8-21(14(9-12)10-18)11-16-19-17(20-23-16)13-3-5-15(22-2)6-4-13/h3-6,12,14H,7-11,18H2,1-2H3. The summed E-state index contributed by atoms with van der Waals surface area (Å²) in [5, 5.41) is 4.09. The third kappa shape index (κ3) is 3.71. The van der Waals surface area contributed by atoms with Crippen LogP contribution < -0.4 is 10.5 Å². The third-order valence-corrected chi connectivity index (χ3v) is 4.53. The first-order chi connectivity index (χ1) is 11.2. The first kappa shape index (κ1) is 16.0. The van der Waals surface area contributed by atoms with Gasteiger partial charge in [0.2, 0.25) is 11.7 Å². The number of nitrogens with two attached hydrogens (primary N) is 1. The zero-order chi connectivity index (χ0) is 16.2. The van der Waals surface area contributed by atoms with Crippen LogP contribution in [0.25, 0.3) is 11.4 Å². The molecule has 1 fully saturated rings. The van der Waals surface area contributed by atoms with Gasteiger partial charge in [-0.15, -0.1) is 0 Å². The molecule has 0 saturated carbocycles. The van der Waals surface area contributed by atoms with Crippen LogP contribution in [0, 0.1) is 5.92 Å². The minimum atomic E-state index is 0.398. The Morgan fingerprint density at radius 2 is 2.13 bits per heavy atom. The highest BCUT2D eigenvalue weighted by atomic mass is 16.5. The van der Waals surface area contributed by atoms with Gasteiger partial charge in [-0.3, -0.25) is 4.90 Å². The van der Waals surface area contributed by atoms with Crippen LogP contribution in [0.1, 0.15) is 25.7 Å². The highest BCUT2D eigenvalue weighted by Crippen LogP contribution is 2.24. The van der Waals surface area contributed by atoms with Gasteiger partial charge < -0.3 is 15.0 Å². The molecule has 1 aliphatic heterocycles. The average molecular weight is 316 g/mol. The highest BCUT2D eigenvalue weighted by Gasteiger charge is 2.26. The number of nitrogens with zero attached hydrogens (tertiary/aromatic N) is 3. The van der Waals surface area contributed by atoms with E-state index in [1.165, 1.54) is 6.42 Å². The summed E-state index contributed by atoms with van der Waals surface area (Å²) in [5.41, 5.74) is 6.83. The molecule has 2 unspecified atom stereocenters. The monoisotopic (exact) mass is 316 g/mol. The maximum absolute atomic E-state index is 5.91. The van der Waals surface area contributed by atoms with E-state index in [2.05, 4.69) is 22.0 Å². The second kappa shape index (κ2) is 7.10. The lowest BCUT2D eigenvalue weighted by atomic mass is 9.92. The Balaban J connectivity index is 1.69. The molecule has 1 aromatic carbocycles. The predicted octanol–water partition coefficient (Wildman–Crippen LogP) is 2.30. The Kier molecular flexibility index (Phi) is 4.93. The fraction of sp³-hybridized carbons (Fsp3) is 0.529. The Labute approximate surface area is 136 Å². The topological polar surface area (TPSA) is 77.4 Å². The number of hydrogen-bond acceptors (Lipinski definition) is 6. The average Bonchev–Trinajstić information content (AvgIpc) is 3.05. The molecule has 0 amide bonds. The fourth-order valence-corrected chi connectivity index (χ4v) is 3.10. The van der Waals surface area contributed by atoms with E-state index in [9.17, 15) is 0 Å². The van der Waals surface area contributed by atoms with Crippen molar-refractivity contribution in [2.45, 2.75) is 32.4 Å². The van der Waals surface area contributed by atoms with Crippen molar-refractivity contribution in [1.82, 2.24) is 15.0 Å². The minimum absolute atomic E-state index is 0.398. The smallest absolute Gasteiger partial charge is 0.241 e. The summed E-state index contributed by atoms with van der Waals surface area (Å²) in [7, 11) is 1.65. The summed E-state index contributed by atoms with van der Waals surface area (Å²) >= 11 is 0. The van der Waals surface area contributed by atoms with Gasteiger partial charge in [-0.1, -0.05) is 12.1 Å². The molecule has 1 aromatic heterocycles. The van der Waals surface area contributed by atoms with Crippen molar-refractivity contribution < 1.29 is 9.26 Å². The van der Waals surface area contributed by atoms with Crippen molar-refractivity contribution in [2.75, 3.05) is 20.2 Å². The van der Waals surface area contributed by atoms with Gasteiger partial charge in [-0.25, -0.2) is 0 Å². The van der Waals surface area contributed by atoms with Crippen LogP contribution in [0.5, 0.6) is 5.75 Å². The molecule has 124 valence electrons. The molecular formula is C17H24N4O2. The largest absolute Gasteiger partial charge is 0.497 e. The van der Waals surface area contributed by atoms with Gasteiger partial charge in [0.25, 0.3) is 0 Å². The lowest BCUT2D eigenvalue weighted by Crippen LogP contribution is -2.45.